The Morgan fingerprint density at radius 1 is 0.977 bits per heavy atom. The summed E-state index contributed by atoms with van der Waals surface area (Å²) in [7, 11) is 0. The molecule has 7 atom stereocenters. The molecule has 2 saturated heterocycles. The third kappa shape index (κ3) is 4.50. The number of nitrogens with zero attached hydrogens (tertiary/aromatic N) is 9. The van der Waals surface area contributed by atoms with Gasteiger partial charge in [-0.15, -0.1) is 5.10 Å². The first-order valence-electron chi connectivity index (χ1n) is 13.0. The maximum atomic E-state index is 12.1. The number of aliphatic hydroxyl groups is 3. The zero-order valence-electron chi connectivity index (χ0n) is 22.0. The molecule has 9 N–H and O–H groups in total. The highest BCUT2D eigenvalue weighted by molar-refractivity contribution is 5.71. The number of aromatic amines is 2. The minimum Gasteiger partial charge on any atom is -0.394 e. The first kappa shape index (κ1) is 27.1. The van der Waals surface area contributed by atoms with Gasteiger partial charge in [0.2, 0.25) is 11.9 Å². The van der Waals surface area contributed by atoms with E-state index < -0.39 is 60.8 Å². The zero-order valence-corrected chi connectivity index (χ0v) is 22.0. The van der Waals surface area contributed by atoms with Gasteiger partial charge in [-0.25, -0.2) is 14.6 Å². The fourth-order valence-electron chi connectivity index (χ4n) is 5.32. The number of hydrogen-bond donors (Lipinski definition) is 7. The largest absolute Gasteiger partial charge is 0.394 e. The van der Waals surface area contributed by atoms with Crippen molar-refractivity contribution in [1.82, 2.24) is 54.0 Å². The maximum absolute atomic E-state index is 12.1. The molecule has 0 spiro atoms. The number of anilines is 2. The highest BCUT2D eigenvalue weighted by Gasteiger charge is 2.46. The number of aromatic nitrogens is 11. The third-order valence-electron chi connectivity index (χ3n) is 7.29. The molecule has 226 valence electrons. The van der Waals surface area contributed by atoms with Crippen LogP contribution >= 0.6 is 0 Å². The third-order valence-corrected chi connectivity index (χ3v) is 7.29. The van der Waals surface area contributed by atoms with Crippen molar-refractivity contribution >= 4 is 34.2 Å². The van der Waals surface area contributed by atoms with Crippen LogP contribution in [0.4, 0.5) is 11.9 Å². The predicted octanol–water partition coefficient (Wildman–Crippen LogP) is -3.38. The van der Waals surface area contributed by atoms with Crippen molar-refractivity contribution in [2.24, 2.45) is 0 Å². The minimum atomic E-state index is -1.30. The molecule has 2 aliphatic heterocycles. The predicted molar refractivity (Wildman–Crippen MR) is 141 cm³/mol. The Morgan fingerprint density at radius 3 is 2.30 bits per heavy atom. The van der Waals surface area contributed by atoms with Gasteiger partial charge in [0, 0.05) is 6.42 Å². The summed E-state index contributed by atoms with van der Waals surface area (Å²) in [5.74, 6) is -0.225. The number of ether oxygens (including phenoxy) is 3. The number of fused-ring (bicyclic) bond motifs is 2. The lowest BCUT2D eigenvalue weighted by Gasteiger charge is -2.19. The second kappa shape index (κ2) is 10.2. The molecular formula is C22H25N13O8. The van der Waals surface area contributed by atoms with E-state index in [4.69, 9.17) is 25.7 Å². The number of nitrogen functional groups attached to an aromatic ring is 2. The van der Waals surface area contributed by atoms with E-state index in [0.717, 1.165) is 0 Å². The fourth-order valence-corrected chi connectivity index (χ4v) is 5.32. The number of imidazole rings is 2. The number of nitrogens with one attached hydrogen (secondary N) is 2. The lowest BCUT2D eigenvalue weighted by Crippen LogP contribution is -2.36. The molecule has 21 nitrogen and oxygen atoms in total. The fraction of sp³-hybridized carbons (Fsp3) is 0.455. The molecule has 2 fully saturated rings. The van der Waals surface area contributed by atoms with Gasteiger partial charge in [-0.3, -0.25) is 28.7 Å². The van der Waals surface area contributed by atoms with Crippen molar-refractivity contribution in [3.8, 4) is 0 Å². The van der Waals surface area contributed by atoms with Crippen LogP contribution in [0.2, 0.25) is 0 Å². The van der Waals surface area contributed by atoms with Crippen LogP contribution in [0.25, 0.3) is 22.3 Å². The Bertz CT molecular complexity index is 1930. The Kier molecular flexibility index (Phi) is 6.41. The average Bonchev–Trinajstić information content (AvgIpc) is 3.78. The summed E-state index contributed by atoms with van der Waals surface area (Å²) in [6, 6.07) is 0. The molecular weight excluding hydrogens is 574 g/mol. The minimum absolute atomic E-state index is 0.000340. The van der Waals surface area contributed by atoms with Gasteiger partial charge >= 0.3 is 0 Å². The van der Waals surface area contributed by atoms with E-state index >= 15 is 0 Å². The van der Waals surface area contributed by atoms with E-state index in [1.165, 1.54) is 32.7 Å². The standard InChI is InChI=1S/C22H25N13O8/c23-21-27-15-11(17(39)29-21)25-5-33(15)10-1-8(37)19(43-10)35-2-7(31-32-35)4-41-14-9(3-36)42-20(13(14)38)34-6-26-12-16(34)28-22(24)30-18(12)40/h2,5-6,8-10,13-14,19-20,36-38H,1,3-4H2,(H3,23,27,29,39)(H3,24,28,30,40)/t8-,9+,10+,13+,14+,19-,20+/m0/s1. The van der Waals surface area contributed by atoms with Crippen molar-refractivity contribution in [2.45, 2.75) is 56.1 Å². The van der Waals surface area contributed by atoms with Crippen molar-refractivity contribution in [1.29, 1.82) is 0 Å². The molecule has 7 heterocycles. The zero-order chi connectivity index (χ0) is 30.0. The molecule has 0 aliphatic carbocycles. The van der Waals surface area contributed by atoms with Crippen LogP contribution < -0.4 is 22.6 Å². The molecule has 2 aliphatic rings. The molecule has 0 radical (unpaired) electrons. The van der Waals surface area contributed by atoms with Crippen molar-refractivity contribution < 1.29 is 29.5 Å². The van der Waals surface area contributed by atoms with Crippen LogP contribution in [-0.4, -0.2) is 100 Å². The van der Waals surface area contributed by atoms with Crippen LogP contribution in [0.15, 0.2) is 28.4 Å². The average molecular weight is 600 g/mol. The van der Waals surface area contributed by atoms with Crippen molar-refractivity contribution in [2.75, 3.05) is 18.1 Å². The lowest BCUT2D eigenvalue weighted by atomic mass is 10.1. The molecule has 21 heteroatoms. The van der Waals surface area contributed by atoms with Gasteiger partial charge in [-0.05, 0) is 0 Å². The van der Waals surface area contributed by atoms with Gasteiger partial charge in [-0.2, -0.15) is 9.97 Å². The molecule has 5 aromatic heterocycles. The summed E-state index contributed by atoms with van der Waals surface area (Å²) in [5.41, 5.74) is 11.0. The molecule has 5 aromatic rings. The van der Waals surface area contributed by atoms with Crippen LogP contribution in [0.5, 0.6) is 0 Å². The van der Waals surface area contributed by atoms with Crippen molar-refractivity contribution in [3.05, 3.63) is 45.3 Å². The van der Waals surface area contributed by atoms with E-state index in [-0.39, 0.29) is 47.3 Å². The van der Waals surface area contributed by atoms with Gasteiger partial charge < -0.3 is 41.0 Å². The Morgan fingerprint density at radius 2 is 1.63 bits per heavy atom. The summed E-state index contributed by atoms with van der Waals surface area (Å²) in [4.78, 5) is 45.3. The van der Waals surface area contributed by atoms with Crippen LogP contribution in [0, 0.1) is 0 Å². The monoisotopic (exact) mass is 599 g/mol. The van der Waals surface area contributed by atoms with Crippen LogP contribution in [0.1, 0.15) is 30.8 Å². The quantitative estimate of drug-likeness (QED) is 0.0959. The van der Waals surface area contributed by atoms with Gasteiger partial charge in [0.25, 0.3) is 11.1 Å². The lowest BCUT2D eigenvalue weighted by molar-refractivity contribution is -0.0675. The highest BCUT2D eigenvalue weighted by Crippen LogP contribution is 2.36. The van der Waals surface area contributed by atoms with Gasteiger partial charge in [-0.1, -0.05) is 5.21 Å². The van der Waals surface area contributed by atoms with E-state index in [2.05, 4.69) is 40.2 Å². The van der Waals surface area contributed by atoms with E-state index in [9.17, 15) is 24.9 Å². The summed E-state index contributed by atoms with van der Waals surface area (Å²) in [6.07, 6.45) is -2.70. The number of hydrogen-bond acceptors (Lipinski definition) is 16. The molecule has 0 aromatic carbocycles. The molecule has 0 saturated carbocycles. The summed E-state index contributed by atoms with van der Waals surface area (Å²) < 4.78 is 21.9. The summed E-state index contributed by atoms with van der Waals surface area (Å²) in [5, 5.41) is 39.8. The van der Waals surface area contributed by atoms with E-state index in [1.54, 1.807) is 0 Å². The second-order valence-corrected chi connectivity index (χ2v) is 10.0. The molecule has 7 rings (SSSR count). The van der Waals surface area contributed by atoms with Crippen molar-refractivity contribution in [3.63, 3.8) is 0 Å². The molecule has 0 amide bonds. The number of H-pyrrole nitrogens is 2. The summed E-state index contributed by atoms with van der Waals surface area (Å²) >= 11 is 0. The maximum Gasteiger partial charge on any atom is 0.280 e. The Balaban J connectivity index is 1.05. The smallest absolute Gasteiger partial charge is 0.280 e. The number of aliphatic hydroxyl groups excluding tert-OH is 3. The molecule has 0 bridgehead atoms. The molecule has 0 unspecified atom stereocenters. The van der Waals surface area contributed by atoms with Crippen LogP contribution in [0.3, 0.4) is 0 Å². The van der Waals surface area contributed by atoms with E-state index in [0.29, 0.717) is 5.69 Å². The topological polar surface area (TPSA) is 298 Å². The molecule has 43 heavy (non-hydrogen) atoms. The first-order valence-corrected chi connectivity index (χ1v) is 13.0. The van der Waals surface area contributed by atoms with E-state index in [1.807, 2.05) is 0 Å². The second-order valence-electron chi connectivity index (χ2n) is 10.0. The Labute approximate surface area is 237 Å². The van der Waals surface area contributed by atoms with Gasteiger partial charge in [0.05, 0.1) is 32.1 Å². The normalized spacial score (nSPS) is 27.6. The van der Waals surface area contributed by atoms with Crippen LogP contribution in [-0.2, 0) is 20.8 Å². The highest BCUT2D eigenvalue weighted by atomic mass is 16.6. The van der Waals surface area contributed by atoms with Gasteiger partial charge in [0.15, 0.2) is 34.8 Å². The summed E-state index contributed by atoms with van der Waals surface area (Å²) in [6.45, 7) is -0.624. The SMILES string of the molecule is Nc1nc2c(ncn2[C@@H]2O[C@H](CO)[C@@H](OCc3cn([C@H]4O[C@@H](n5cnc6c(=O)[nH]c(N)nc65)C[C@@H]4O)nn3)[C@H]2O)c(=O)[nH]1. The Hall–Kier alpha value is -4.80. The first-order chi connectivity index (χ1) is 20.7. The van der Waals surface area contributed by atoms with Gasteiger partial charge in [0.1, 0.15) is 36.3 Å². The number of rotatable bonds is 7. The number of nitrogens with two attached hydrogens (primary N) is 2.